The molecule has 3 nitrogen and oxygen atoms in total. The minimum atomic E-state index is -2.79. The predicted molar refractivity (Wildman–Crippen MR) is 63.7 cm³/mol. The maximum absolute atomic E-state index is 11.4. The third kappa shape index (κ3) is 2.83. The van der Waals surface area contributed by atoms with Gasteiger partial charge in [-0.2, -0.15) is 0 Å². The van der Waals surface area contributed by atoms with Crippen LogP contribution >= 0.6 is 0 Å². The molecule has 1 fully saturated rings. The van der Waals surface area contributed by atoms with E-state index in [-0.39, 0.29) is 5.54 Å². The van der Waals surface area contributed by atoms with Crippen LogP contribution in [0.25, 0.3) is 0 Å². The van der Waals surface area contributed by atoms with Gasteiger partial charge in [-0.1, -0.05) is 30.3 Å². The Morgan fingerprint density at radius 2 is 2.00 bits per heavy atom. The van der Waals surface area contributed by atoms with Gasteiger partial charge in [0, 0.05) is 12.0 Å². The molecule has 1 unspecified atom stereocenters. The van der Waals surface area contributed by atoms with Crippen LogP contribution in [0.1, 0.15) is 18.9 Å². The molecule has 1 heterocycles. The summed E-state index contributed by atoms with van der Waals surface area (Å²) >= 11 is 0. The van der Waals surface area contributed by atoms with Crippen LogP contribution in [0.4, 0.5) is 0 Å². The molecule has 0 aliphatic carbocycles. The number of benzene rings is 1. The maximum atomic E-state index is 11.4. The molecule has 1 atom stereocenters. The molecule has 1 aliphatic rings. The fourth-order valence-electron chi connectivity index (χ4n) is 2.17. The first-order valence-electron chi connectivity index (χ1n) is 5.58. The molecule has 0 saturated carbocycles. The van der Waals surface area contributed by atoms with E-state index in [4.69, 9.17) is 0 Å². The number of hydrogen-bond donors (Lipinski definition) is 1. The van der Waals surface area contributed by atoms with Gasteiger partial charge in [0.2, 0.25) is 0 Å². The number of sulfone groups is 1. The standard InChI is InChI=1S/C12H17NO2S/c1-12(7-8-16(14,15)10-12)13-9-11-5-3-2-4-6-11/h2-6,13H,7-10H2,1H3/p+1. The topological polar surface area (TPSA) is 50.8 Å². The van der Waals surface area contributed by atoms with E-state index in [1.807, 2.05) is 25.1 Å². The second kappa shape index (κ2) is 4.18. The van der Waals surface area contributed by atoms with Gasteiger partial charge >= 0.3 is 0 Å². The van der Waals surface area contributed by atoms with Crippen LogP contribution in [0, 0.1) is 0 Å². The summed E-state index contributed by atoms with van der Waals surface area (Å²) in [6.45, 7) is 2.90. The predicted octanol–water partition coefficient (Wildman–Crippen LogP) is 0.327. The Labute approximate surface area is 96.8 Å². The van der Waals surface area contributed by atoms with Crippen molar-refractivity contribution in [3.63, 3.8) is 0 Å². The van der Waals surface area contributed by atoms with Gasteiger partial charge in [0.1, 0.15) is 17.8 Å². The number of quaternary nitrogens is 1. The van der Waals surface area contributed by atoms with Crippen molar-refractivity contribution in [2.24, 2.45) is 0 Å². The zero-order valence-electron chi connectivity index (χ0n) is 9.52. The van der Waals surface area contributed by atoms with E-state index >= 15 is 0 Å². The highest BCUT2D eigenvalue weighted by Gasteiger charge is 2.41. The van der Waals surface area contributed by atoms with E-state index in [1.54, 1.807) is 0 Å². The highest BCUT2D eigenvalue weighted by molar-refractivity contribution is 7.91. The van der Waals surface area contributed by atoms with Crippen molar-refractivity contribution in [1.29, 1.82) is 0 Å². The van der Waals surface area contributed by atoms with E-state index in [9.17, 15) is 8.42 Å². The smallest absolute Gasteiger partial charge is 0.156 e. The summed E-state index contributed by atoms with van der Waals surface area (Å²) in [4.78, 5) is 0. The first kappa shape index (κ1) is 11.6. The van der Waals surface area contributed by atoms with Gasteiger partial charge in [0.25, 0.3) is 0 Å². The Balaban J connectivity index is 1.96. The van der Waals surface area contributed by atoms with Crippen molar-refractivity contribution in [2.45, 2.75) is 25.4 Å². The van der Waals surface area contributed by atoms with Crippen LogP contribution in [0.2, 0.25) is 0 Å². The van der Waals surface area contributed by atoms with Gasteiger partial charge in [0.15, 0.2) is 9.84 Å². The van der Waals surface area contributed by atoms with Crippen LogP contribution in [-0.2, 0) is 16.4 Å². The third-order valence-electron chi connectivity index (χ3n) is 3.21. The SMILES string of the molecule is CC1([NH2+]Cc2ccccc2)CCS(=O)(=O)C1. The molecule has 0 aromatic heterocycles. The van der Waals surface area contributed by atoms with Gasteiger partial charge in [-0.05, 0) is 6.92 Å². The molecule has 88 valence electrons. The highest BCUT2D eigenvalue weighted by atomic mass is 32.2. The van der Waals surface area contributed by atoms with Gasteiger partial charge in [-0.25, -0.2) is 8.42 Å². The largest absolute Gasteiger partial charge is 0.337 e. The summed E-state index contributed by atoms with van der Waals surface area (Å²) < 4.78 is 22.9. The zero-order valence-corrected chi connectivity index (χ0v) is 10.3. The molecule has 2 rings (SSSR count). The van der Waals surface area contributed by atoms with Crippen LogP contribution in [0.3, 0.4) is 0 Å². The zero-order chi connectivity index (χ0) is 11.6. The molecule has 1 aliphatic heterocycles. The van der Waals surface area contributed by atoms with Gasteiger partial charge in [0.05, 0.1) is 5.75 Å². The Morgan fingerprint density at radius 3 is 2.56 bits per heavy atom. The second-order valence-electron chi connectivity index (χ2n) is 4.89. The summed E-state index contributed by atoms with van der Waals surface area (Å²) in [6.07, 6.45) is 0.766. The monoisotopic (exact) mass is 240 g/mol. The minimum Gasteiger partial charge on any atom is -0.337 e. The minimum absolute atomic E-state index is 0.130. The van der Waals surface area contributed by atoms with Crippen molar-refractivity contribution >= 4 is 9.84 Å². The number of nitrogens with two attached hydrogens (primary N) is 1. The maximum Gasteiger partial charge on any atom is 0.156 e. The van der Waals surface area contributed by atoms with Crippen LogP contribution in [0.15, 0.2) is 30.3 Å². The molecule has 1 aromatic rings. The van der Waals surface area contributed by atoms with Crippen LogP contribution in [0.5, 0.6) is 0 Å². The molecule has 2 N–H and O–H groups in total. The Morgan fingerprint density at radius 1 is 1.31 bits per heavy atom. The average Bonchev–Trinajstić information content (AvgIpc) is 2.53. The lowest BCUT2D eigenvalue weighted by Crippen LogP contribution is -2.95. The molecule has 0 bridgehead atoms. The van der Waals surface area contributed by atoms with E-state index in [0.717, 1.165) is 13.0 Å². The Hall–Kier alpha value is -0.870. The lowest BCUT2D eigenvalue weighted by Gasteiger charge is -2.20. The lowest BCUT2D eigenvalue weighted by molar-refractivity contribution is -0.733. The van der Waals surface area contributed by atoms with E-state index < -0.39 is 9.84 Å². The summed E-state index contributed by atoms with van der Waals surface area (Å²) in [5.74, 6) is 0.654. The summed E-state index contributed by atoms with van der Waals surface area (Å²) in [5, 5.41) is 2.16. The molecular weight excluding hydrogens is 222 g/mol. The molecule has 0 spiro atoms. The molecule has 0 radical (unpaired) electrons. The molecule has 4 heteroatoms. The summed E-state index contributed by atoms with van der Waals surface area (Å²) in [5.41, 5.74) is 1.11. The van der Waals surface area contributed by atoms with E-state index in [0.29, 0.717) is 11.5 Å². The van der Waals surface area contributed by atoms with Crippen molar-refractivity contribution < 1.29 is 13.7 Å². The molecule has 1 aromatic carbocycles. The van der Waals surface area contributed by atoms with Crippen molar-refractivity contribution in [2.75, 3.05) is 11.5 Å². The third-order valence-corrected chi connectivity index (χ3v) is 5.13. The molecule has 1 saturated heterocycles. The second-order valence-corrected chi connectivity index (χ2v) is 7.07. The highest BCUT2D eigenvalue weighted by Crippen LogP contribution is 2.18. The quantitative estimate of drug-likeness (QED) is 0.827. The average molecular weight is 240 g/mol. The molecule has 0 amide bonds. The van der Waals surface area contributed by atoms with Gasteiger partial charge in [-0.3, -0.25) is 0 Å². The van der Waals surface area contributed by atoms with E-state index in [2.05, 4.69) is 17.4 Å². The van der Waals surface area contributed by atoms with Crippen molar-refractivity contribution in [3.05, 3.63) is 35.9 Å². The number of hydrogen-bond acceptors (Lipinski definition) is 2. The number of rotatable bonds is 3. The van der Waals surface area contributed by atoms with Crippen molar-refractivity contribution in [3.8, 4) is 0 Å². The first-order valence-corrected chi connectivity index (χ1v) is 7.40. The Kier molecular flexibility index (Phi) is 3.04. The molecular formula is C12H18NO2S+. The van der Waals surface area contributed by atoms with Gasteiger partial charge in [-0.15, -0.1) is 0 Å². The summed E-state index contributed by atoms with van der Waals surface area (Å²) in [7, 11) is -2.79. The van der Waals surface area contributed by atoms with Crippen LogP contribution < -0.4 is 5.32 Å². The molecule has 16 heavy (non-hydrogen) atoms. The normalized spacial score (nSPS) is 28.1. The fourth-order valence-corrected chi connectivity index (χ4v) is 4.36. The van der Waals surface area contributed by atoms with Crippen LogP contribution in [-0.4, -0.2) is 25.5 Å². The van der Waals surface area contributed by atoms with Crippen molar-refractivity contribution in [1.82, 2.24) is 0 Å². The fraction of sp³-hybridized carbons (Fsp3) is 0.500. The van der Waals surface area contributed by atoms with E-state index in [1.165, 1.54) is 5.56 Å². The Bertz CT molecular complexity index is 455. The van der Waals surface area contributed by atoms with Gasteiger partial charge < -0.3 is 5.32 Å². The first-order chi connectivity index (χ1) is 7.49. The lowest BCUT2D eigenvalue weighted by atomic mass is 10.0. The summed E-state index contributed by atoms with van der Waals surface area (Å²) in [6, 6.07) is 10.2.